The van der Waals surface area contributed by atoms with Crippen molar-refractivity contribution < 1.29 is 23.8 Å². The summed E-state index contributed by atoms with van der Waals surface area (Å²) in [6, 6.07) is 18.2. The first-order valence-corrected chi connectivity index (χ1v) is 12.1. The van der Waals surface area contributed by atoms with Crippen molar-refractivity contribution in [1.82, 2.24) is 0 Å². The Morgan fingerprint density at radius 1 is 1.11 bits per heavy atom. The second-order valence-electron chi connectivity index (χ2n) is 9.26. The molecule has 1 heterocycles. The fourth-order valence-corrected chi connectivity index (χ4v) is 4.64. The molecule has 1 aliphatic rings. The van der Waals surface area contributed by atoms with E-state index in [-0.39, 0.29) is 18.8 Å². The lowest BCUT2D eigenvalue weighted by Crippen LogP contribution is -2.17. The van der Waals surface area contributed by atoms with Gasteiger partial charge < -0.3 is 20.3 Å². The largest absolute Gasteiger partial charge is 0.489 e. The molecule has 0 aliphatic carbocycles. The van der Waals surface area contributed by atoms with Crippen LogP contribution in [0, 0.1) is 11.7 Å². The smallest absolute Gasteiger partial charge is 0.307 e. The number of carboxylic acids is 1. The second-order valence-corrected chi connectivity index (χ2v) is 9.26. The molecule has 0 aromatic heterocycles. The molecule has 1 atom stereocenters. The molecule has 4 rings (SSSR count). The van der Waals surface area contributed by atoms with Crippen molar-refractivity contribution >= 4 is 5.97 Å². The summed E-state index contributed by atoms with van der Waals surface area (Å²) >= 11 is 0. The summed E-state index contributed by atoms with van der Waals surface area (Å²) in [5.41, 5.74) is 10.4. The van der Waals surface area contributed by atoms with Gasteiger partial charge in [-0.1, -0.05) is 48.5 Å². The summed E-state index contributed by atoms with van der Waals surface area (Å²) in [6.45, 7) is 3.56. The van der Waals surface area contributed by atoms with Crippen LogP contribution in [0.2, 0.25) is 0 Å². The lowest BCUT2D eigenvalue weighted by Gasteiger charge is -2.23. The van der Waals surface area contributed by atoms with E-state index in [0.29, 0.717) is 28.4 Å². The van der Waals surface area contributed by atoms with Crippen molar-refractivity contribution in [2.75, 3.05) is 13.2 Å². The van der Waals surface area contributed by atoms with E-state index in [1.807, 2.05) is 18.2 Å². The van der Waals surface area contributed by atoms with Gasteiger partial charge in [0.2, 0.25) is 0 Å². The molecule has 6 heteroatoms. The van der Waals surface area contributed by atoms with Gasteiger partial charge in [0.05, 0.1) is 6.42 Å². The third-order valence-electron chi connectivity index (χ3n) is 6.46. The molecule has 184 valence electrons. The fraction of sp³-hybridized carbons (Fsp3) is 0.345. The topological polar surface area (TPSA) is 81.8 Å². The first kappa shape index (κ1) is 24.9. The molecule has 3 aromatic carbocycles. The maximum atomic E-state index is 15.4. The van der Waals surface area contributed by atoms with E-state index in [4.69, 9.17) is 15.2 Å². The SMILES string of the molecule is CC(N)c1cccc(-c2cc(COc3ccccc3CC(=O)O)cc(CC3CCOCC3)c2)c1F. The minimum Gasteiger partial charge on any atom is -0.489 e. The Morgan fingerprint density at radius 2 is 1.86 bits per heavy atom. The molecule has 1 unspecified atom stereocenters. The number of halogens is 1. The van der Waals surface area contributed by atoms with Gasteiger partial charge in [-0.05, 0) is 60.9 Å². The molecule has 0 amide bonds. The molecule has 3 aromatic rings. The molecule has 5 nitrogen and oxygen atoms in total. The summed E-state index contributed by atoms with van der Waals surface area (Å²) < 4.78 is 26.9. The molecule has 1 aliphatic heterocycles. The average molecular weight is 478 g/mol. The van der Waals surface area contributed by atoms with Gasteiger partial charge in [0.1, 0.15) is 18.2 Å². The summed E-state index contributed by atoms with van der Waals surface area (Å²) in [6.07, 6.45) is 2.79. The van der Waals surface area contributed by atoms with Crippen LogP contribution in [0.4, 0.5) is 4.39 Å². The van der Waals surface area contributed by atoms with Crippen LogP contribution >= 0.6 is 0 Å². The Balaban J connectivity index is 1.66. The normalized spacial score (nSPS) is 15.1. The van der Waals surface area contributed by atoms with Crippen molar-refractivity contribution in [1.29, 1.82) is 0 Å². The molecule has 3 N–H and O–H groups in total. The predicted molar refractivity (Wildman–Crippen MR) is 134 cm³/mol. The van der Waals surface area contributed by atoms with Crippen LogP contribution in [0.25, 0.3) is 11.1 Å². The molecule has 0 bridgehead atoms. The molecule has 1 saturated heterocycles. The van der Waals surface area contributed by atoms with Crippen molar-refractivity contribution in [2.24, 2.45) is 11.7 Å². The van der Waals surface area contributed by atoms with E-state index >= 15 is 4.39 Å². The van der Waals surface area contributed by atoms with Crippen molar-refractivity contribution in [3.8, 4) is 16.9 Å². The van der Waals surface area contributed by atoms with Crippen LogP contribution in [0.3, 0.4) is 0 Å². The standard InChI is InChI=1S/C29H32FNO4/c1-19(31)25-6-4-7-26(29(25)30)24-15-21(13-20-9-11-34-12-10-20)14-22(16-24)18-35-27-8-3-2-5-23(27)17-28(32)33/h2-8,14-16,19-20H,9-13,17-18,31H2,1H3,(H,32,33). The van der Waals surface area contributed by atoms with Gasteiger partial charge in [-0.15, -0.1) is 0 Å². The summed E-state index contributed by atoms with van der Waals surface area (Å²) in [5, 5.41) is 9.21. The minimum absolute atomic E-state index is 0.111. The minimum atomic E-state index is -0.911. The maximum absolute atomic E-state index is 15.4. The molecule has 0 saturated carbocycles. The summed E-state index contributed by atoms with van der Waals surface area (Å²) in [4.78, 5) is 11.2. The summed E-state index contributed by atoms with van der Waals surface area (Å²) in [7, 11) is 0. The van der Waals surface area contributed by atoms with E-state index in [2.05, 4.69) is 12.1 Å². The number of nitrogens with two attached hydrogens (primary N) is 1. The summed E-state index contributed by atoms with van der Waals surface area (Å²) in [5.74, 6) is -0.156. The van der Waals surface area contributed by atoms with Gasteiger partial charge >= 0.3 is 5.97 Å². The van der Waals surface area contributed by atoms with Crippen molar-refractivity contribution in [3.05, 3.63) is 88.7 Å². The van der Waals surface area contributed by atoms with Gasteiger partial charge in [-0.2, -0.15) is 0 Å². The highest BCUT2D eigenvalue weighted by molar-refractivity contribution is 5.71. The number of rotatable bonds is 9. The quantitative estimate of drug-likeness (QED) is 0.414. The predicted octanol–water partition coefficient (Wildman–Crippen LogP) is 5.69. The monoisotopic (exact) mass is 477 g/mol. The average Bonchev–Trinajstić information content (AvgIpc) is 2.83. The highest BCUT2D eigenvalue weighted by atomic mass is 19.1. The van der Waals surface area contributed by atoms with Gasteiger partial charge in [0.15, 0.2) is 0 Å². The Bertz CT molecular complexity index is 1170. The van der Waals surface area contributed by atoms with Crippen LogP contribution < -0.4 is 10.5 Å². The molecular formula is C29H32FNO4. The number of carbonyl (C=O) groups is 1. The fourth-order valence-electron chi connectivity index (χ4n) is 4.64. The van der Waals surface area contributed by atoms with E-state index in [1.165, 1.54) is 0 Å². The van der Waals surface area contributed by atoms with E-state index in [1.54, 1.807) is 37.3 Å². The number of aliphatic carboxylic acids is 1. The van der Waals surface area contributed by atoms with Crippen molar-refractivity contribution in [3.63, 3.8) is 0 Å². The van der Waals surface area contributed by atoms with Crippen LogP contribution in [-0.4, -0.2) is 24.3 Å². The van der Waals surface area contributed by atoms with E-state index < -0.39 is 12.0 Å². The lowest BCUT2D eigenvalue weighted by molar-refractivity contribution is -0.136. The van der Waals surface area contributed by atoms with E-state index in [0.717, 1.165) is 49.2 Å². The number of benzene rings is 3. The Hall–Kier alpha value is -3.22. The zero-order valence-corrected chi connectivity index (χ0v) is 20.0. The van der Waals surface area contributed by atoms with Crippen molar-refractivity contribution in [2.45, 2.75) is 45.3 Å². The maximum Gasteiger partial charge on any atom is 0.307 e. The Labute approximate surface area is 205 Å². The number of para-hydroxylation sites is 1. The molecular weight excluding hydrogens is 445 g/mol. The van der Waals surface area contributed by atoms with Gasteiger partial charge in [-0.3, -0.25) is 4.79 Å². The van der Waals surface area contributed by atoms with Gasteiger partial charge in [0, 0.05) is 35.9 Å². The van der Waals surface area contributed by atoms with Gasteiger partial charge in [-0.25, -0.2) is 4.39 Å². The van der Waals surface area contributed by atoms with Crippen LogP contribution in [-0.2, 0) is 29.0 Å². The zero-order chi connectivity index (χ0) is 24.8. The third-order valence-corrected chi connectivity index (χ3v) is 6.46. The molecule has 0 spiro atoms. The highest BCUT2D eigenvalue weighted by Gasteiger charge is 2.18. The number of ether oxygens (including phenoxy) is 2. The first-order valence-electron chi connectivity index (χ1n) is 12.1. The van der Waals surface area contributed by atoms with Crippen LogP contribution in [0.15, 0.2) is 60.7 Å². The Morgan fingerprint density at radius 3 is 2.60 bits per heavy atom. The molecule has 0 radical (unpaired) electrons. The number of hydrogen-bond acceptors (Lipinski definition) is 4. The van der Waals surface area contributed by atoms with Crippen LogP contribution in [0.5, 0.6) is 5.75 Å². The van der Waals surface area contributed by atoms with Crippen LogP contribution in [0.1, 0.15) is 48.1 Å². The molecule has 1 fully saturated rings. The number of carboxylic acid groups (broad SMARTS) is 1. The second kappa shape index (κ2) is 11.5. The first-order chi connectivity index (χ1) is 16.9. The molecule has 35 heavy (non-hydrogen) atoms. The zero-order valence-electron chi connectivity index (χ0n) is 20.0. The third kappa shape index (κ3) is 6.47. The van der Waals surface area contributed by atoms with Gasteiger partial charge in [0.25, 0.3) is 0 Å². The van der Waals surface area contributed by atoms with E-state index in [9.17, 15) is 9.90 Å². The number of hydrogen-bond donors (Lipinski definition) is 2. The Kier molecular flexibility index (Phi) is 8.16. The lowest BCUT2D eigenvalue weighted by atomic mass is 9.89. The highest BCUT2D eigenvalue weighted by Crippen LogP contribution is 2.31.